The standard InChI is InChI=1S/C13H20N2O/c1-9-6-7-11(16-5)10(8-9)15-12(14)13(2,3)4/h6-8H,1-5H3,(H2,14,15). The van der Waals surface area contributed by atoms with Crippen LogP contribution >= 0.6 is 0 Å². The lowest BCUT2D eigenvalue weighted by atomic mass is 9.95. The first-order valence-electron chi connectivity index (χ1n) is 5.34. The van der Waals surface area contributed by atoms with Crippen molar-refractivity contribution < 1.29 is 4.74 Å². The molecule has 0 unspecified atom stereocenters. The molecule has 0 heterocycles. The van der Waals surface area contributed by atoms with Gasteiger partial charge in [-0.25, -0.2) is 4.99 Å². The van der Waals surface area contributed by atoms with Crippen molar-refractivity contribution in [3.63, 3.8) is 0 Å². The molecule has 0 aliphatic heterocycles. The van der Waals surface area contributed by atoms with Gasteiger partial charge in [0, 0.05) is 5.41 Å². The molecule has 3 nitrogen and oxygen atoms in total. The number of aryl methyl sites for hydroxylation is 1. The number of nitrogens with zero attached hydrogens (tertiary/aromatic N) is 1. The second kappa shape index (κ2) is 4.56. The third-order valence-electron chi connectivity index (χ3n) is 2.34. The van der Waals surface area contributed by atoms with Gasteiger partial charge in [0.2, 0.25) is 0 Å². The number of aliphatic imine (C=N–C) groups is 1. The maximum absolute atomic E-state index is 5.95. The summed E-state index contributed by atoms with van der Waals surface area (Å²) in [6, 6.07) is 5.87. The van der Waals surface area contributed by atoms with Crippen LogP contribution in [0.2, 0.25) is 0 Å². The zero-order valence-corrected chi connectivity index (χ0v) is 10.7. The third-order valence-corrected chi connectivity index (χ3v) is 2.34. The Kier molecular flexibility index (Phi) is 3.58. The summed E-state index contributed by atoms with van der Waals surface area (Å²) in [5, 5.41) is 0. The molecule has 0 atom stereocenters. The summed E-state index contributed by atoms with van der Waals surface area (Å²) in [4.78, 5) is 4.43. The van der Waals surface area contributed by atoms with Gasteiger partial charge in [0.05, 0.1) is 7.11 Å². The Morgan fingerprint density at radius 3 is 2.44 bits per heavy atom. The highest BCUT2D eigenvalue weighted by Gasteiger charge is 2.16. The third kappa shape index (κ3) is 2.99. The minimum atomic E-state index is -0.130. The molecule has 0 fully saturated rings. The van der Waals surface area contributed by atoms with Crippen molar-refractivity contribution in [2.45, 2.75) is 27.7 Å². The van der Waals surface area contributed by atoms with Gasteiger partial charge in [0.25, 0.3) is 0 Å². The molecular weight excluding hydrogens is 200 g/mol. The Hall–Kier alpha value is -1.51. The minimum Gasteiger partial charge on any atom is -0.494 e. The van der Waals surface area contributed by atoms with E-state index in [1.165, 1.54) is 0 Å². The summed E-state index contributed by atoms with van der Waals surface area (Å²) in [6.07, 6.45) is 0. The molecule has 3 heteroatoms. The number of benzene rings is 1. The number of amidine groups is 1. The van der Waals surface area contributed by atoms with Crippen molar-refractivity contribution in [1.29, 1.82) is 0 Å². The molecule has 0 saturated heterocycles. The Morgan fingerprint density at radius 2 is 1.94 bits per heavy atom. The van der Waals surface area contributed by atoms with Crippen LogP contribution in [0, 0.1) is 12.3 Å². The summed E-state index contributed by atoms with van der Waals surface area (Å²) >= 11 is 0. The van der Waals surface area contributed by atoms with Crippen LogP contribution in [0.4, 0.5) is 5.69 Å². The monoisotopic (exact) mass is 220 g/mol. The van der Waals surface area contributed by atoms with E-state index in [4.69, 9.17) is 10.5 Å². The Labute approximate surface area is 97.3 Å². The molecule has 0 radical (unpaired) electrons. The van der Waals surface area contributed by atoms with E-state index in [1.807, 2.05) is 45.9 Å². The molecular formula is C13H20N2O. The first-order chi connectivity index (χ1) is 7.34. The van der Waals surface area contributed by atoms with Gasteiger partial charge in [-0.3, -0.25) is 0 Å². The largest absolute Gasteiger partial charge is 0.494 e. The van der Waals surface area contributed by atoms with E-state index in [0.29, 0.717) is 5.84 Å². The Morgan fingerprint density at radius 1 is 1.31 bits per heavy atom. The van der Waals surface area contributed by atoms with Crippen LogP contribution in [-0.2, 0) is 0 Å². The zero-order valence-electron chi connectivity index (χ0n) is 10.7. The van der Waals surface area contributed by atoms with E-state index in [9.17, 15) is 0 Å². The van der Waals surface area contributed by atoms with E-state index in [0.717, 1.165) is 17.0 Å². The molecule has 0 amide bonds. The molecule has 0 bridgehead atoms. The van der Waals surface area contributed by atoms with E-state index in [1.54, 1.807) is 7.11 Å². The number of rotatable bonds is 2. The highest BCUT2D eigenvalue weighted by Crippen LogP contribution is 2.29. The van der Waals surface area contributed by atoms with Crippen molar-refractivity contribution in [2.75, 3.05) is 7.11 Å². The topological polar surface area (TPSA) is 47.6 Å². The summed E-state index contributed by atoms with van der Waals surface area (Å²) < 4.78 is 5.25. The van der Waals surface area contributed by atoms with Crippen molar-refractivity contribution in [1.82, 2.24) is 0 Å². The fourth-order valence-electron chi connectivity index (χ4n) is 1.18. The quantitative estimate of drug-likeness (QED) is 0.615. The average Bonchev–Trinajstić information content (AvgIpc) is 2.16. The molecule has 1 aromatic rings. The Balaban J connectivity index is 3.18. The Bertz CT molecular complexity index is 403. The van der Waals surface area contributed by atoms with Gasteiger partial charge < -0.3 is 10.5 Å². The van der Waals surface area contributed by atoms with Crippen LogP contribution < -0.4 is 10.5 Å². The lowest BCUT2D eigenvalue weighted by Gasteiger charge is -2.17. The molecule has 0 saturated carbocycles. The minimum absolute atomic E-state index is 0.130. The normalized spacial score (nSPS) is 12.7. The average molecular weight is 220 g/mol. The molecule has 88 valence electrons. The number of ether oxygens (including phenoxy) is 1. The fourth-order valence-corrected chi connectivity index (χ4v) is 1.18. The van der Waals surface area contributed by atoms with Gasteiger partial charge in [-0.2, -0.15) is 0 Å². The summed E-state index contributed by atoms with van der Waals surface area (Å²) in [5.41, 5.74) is 7.75. The number of nitrogens with two attached hydrogens (primary N) is 1. The SMILES string of the molecule is COc1ccc(C)cc1N=C(N)C(C)(C)C. The van der Waals surface area contributed by atoms with Gasteiger partial charge in [0.15, 0.2) is 0 Å². The maximum Gasteiger partial charge on any atom is 0.144 e. The molecule has 0 aromatic heterocycles. The van der Waals surface area contributed by atoms with Crippen LogP contribution in [0.3, 0.4) is 0 Å². The van der Waals surface area contributed by atoms with Gasteiger partial charge in [0.1, 0.15) is 17.3 Å². The van der Waals surface area contributed by atoms with Crippen LogP contribution in [0.5, 0.6) is 5.75 Å². The number of hydrogen-bond acceptors (Lipinski definition) is 2. The van der Waals surface area contributed by atoms with Gasteiger partial charge in [-0.15, -0.1) is 0 Å². The van der Waals surface area contributed by atoms with Gasteiger partial charge in [-0.1, -0.05) is 26.8 Å². The van der Waals surface area contributed by atoms with Crippen molar-refractivity contribution in [2.24, 2.45) is 16.1 Å². The maximum atomic E-state index is 5.95. The van der Waals surface area contributed by atoms with Crippen LogP contribution in [0.1, 0.15) is 26.3 Å². The van der Waals surface area contributed by atoms with Crippen LogP contribution in [0.25, 0.3) is 0 Å². The molecule has 1 rings (SSSR count). The molecule has 0 aliphatic rings. The lowest BCUT2D eigenvalue weighted by molar-refractivity contribution is 0.416. The van der Waals surface area contributed by atoms with Gasteiger partial charge in [-0.05, 0) is 24.6 Å². The molecule has 2 N–H and O–H groups in total. The van der Waals surface area contributed by atoms with Crippen molar-refractivity contribution in [3.05, 3.63) is 23.8 Å². The molecule has 0 spiro atoms. The predicted molar refractivity (Wildman–Crippen MR) is 68.5 cm³/mol. The molecule has 16 heavy (non-hydrogen) atoms. The van der Waals surface area contributed by atoms with E-state index >= 15 is 0 Å². The number of methoxy groups -OCH3 is 1. The van der Waals surface area contributed by atoms with E-state index in [-0.39, 0.29) is 5.41 Å². The number of hydrogen-bond donors (Lipinski definition) is 1. The van der Waals surface area contributed by atoms with E-state index in [2.05, 4.69) is 4.99 Å². The fraction of sp³-hybridized carbons (Fsp3) is 0.462. The summed E-state index contributed by atoms with van der Waals surface area (Å²) in [6.45, 7) is 8.13. The second-order valence-electron chi connectivity index (χ2n) is 4.92. The summed E-state index contributed by atoms with van der Waals surface area (Å²) in [7, 11) is 1.64. The summed E-state index contributed by atoms with van der Waals surface area (Å²) in [5.74, 6) is 1.36. The van der Waals surface area contributed by atoms with Crippen molar-refractivity contribution in [3.8, 4) is 5.75 Å². The van der Waals surface area contributed by atoms with Crippen LogP contribution in [-0.4, -0.2) is 12.9 Å². The van der Waals surface area contributed by atoms with E-state index < -0.39 is 0 Å². The first-order valence-corrected chi connectivity index (χ1v) is 5.34. The highest BCUT2D eigenvalue weighted by atomic mass is 16.5. The smallest absolute Gasteiger partial charge is 0.144 e. The first kappa shape index (κ1) is 12.6. The molecule has 1 aromatic carbocycles. The second-order valence-corrected chi connectivity index (χ2v) is 4.92. The highest BCUT2D eigenvalue weighted by molar-refractivity contribution is 5.88. The lowest BCUT2D eigenvalue weighted by Crippen LogP contribution is -2.28. The zero-order chi connectivity index (χ0) is 12.3. The predicted octanol–water partition coefficient (Wildman–Crippen LogP) is 3.04. The molecule has 0 aliphatic carbocycles. The van der Waals surface area contributed by atoms with Gasteiger partial charge >= 0.3 is 0 Å². The van der Waals surface area contributed by atoms with Crippen LogP contribution in [0.15, 0.2) is 23.2 Å². The van der Waals surface area contributed by atoms with Crippen molar-refractivity contribution >= 4 is 11.5 Å².